The number of thiophene rings is 1. The number of likely N-dealkylation sites (N-methyl/N-ethyl adjacent to an activating group) is 1. The molecule has 0 radical (unpaired) electrons. The highest BCUT2D eigenvalue weighted by atomic mass is 79.9. The molecule has 1 aliphatic rings. The number of hydrogen-bond acceptors (Lipinski definition) is 2. The molecule has 1 unspecified atom stereocenters. The fourth-order valence-electron chi connectivity index (χ4n) is 3.31. The van der Waals surface area contributed by atoms with Crippen molar-refractivity contribution in [3.05, 3.63) is 20.8 Å². The first-order valence-corrected chi connectivity index (χ1v) is 8.27. The van der Waals surface area contributed by atoms with Gasteiger partial charge in [0.2, 0.25) is 0 Å². The molecular formula is C14H22BrNS. The fourth-order valence-corrected chi connectivity index (χ4v) is 4.81. The van der Waals surface area contributed by atoms with Crippen molar-refractivity contribution >= 4 is 27.3 Å². The highest BCUT2D eigenvalue weighted by Crippen LogP contribution is 2.45. The SMILES string of the molecule is CCC1(C(Cc2cc(Br)cs2)NC)CCCC1. The minimum Gasteiger partial charge on any atom is -0.316 e. The van der Waals surface area contributed by atoms with Crippen LogP contribution in [-0.2, 0) is 6.42 Å². The Kier molecular flexibility index (Phi) is 4.67. The topological polar surface area (TPSA) is 12.0 Å². The number of rotatable bonds is 5. The molecule has 1 aromatic rings. The van der Waals surface area contributed by atoms with E-state index in [1.165, 1.54) is 47.9 Å². The zero-order chi connectivity index (χ0) is 12.3. The molecule has 1 heterocycles. The Morgan fingerprint density at radius 2 is 2.18 bits per heavy atom. The van der Waals surface area contributed by atoms with Crippen molar-refractivity contribution in [2.75, 3.05) is 7.05 Å². The molecule has 1 N–H and O–H groups in total. The molecule has 1 aromatic heterocycles. The molecule has 1 saturated carbocycles. The molecule has 0 amide bonds. The van der Waals surface area contributed by atoms with E-state index in [0.717, 1.165) is 0 Å². The summed E-state index contributed by atoms with van der Waals surface area (Å²) in [6.07, 6.45) is 8.13. The average Bonchev–Trinajstić information content (AvgIpc) is 2.95. The Bertz CT molecular complexity index is 355. The van der Waals surface area contributed by atoms with E-state index < -0.39 is 0 Å². The summed E-state index contributed by atoms with van der Waals surface area (Å²) in [5, 5.41) is 5.77. The summed E-state index contributed by atoms with van der Waals surface area (Å²) in [7, 11) is 2.13. The predicted octanol–water partition coefficient (Wildman–Crippen LogP) is 4.61. The highest BCUT2D eigenvalue weighted by molar-refractivity contribution is 9.10. The van der Waals surface area contributed by atoms with E-state index in [1.807, 2.05) is 11.3 Å². The maximum atomic E-state index is 3.58. The van der Waals surface area contributed by atoms with Crippen LogP contribution in [0.5, 0.6) is 0 Å². The van der Waals surface area contributed by atoms with E-state index >= 15 is 0 Å². The van der Waals surface area contributed by atoms with Gasteiger partial charge in [-0.3, -0.25) is 0 Å². The Morgan fingerprint density at radius 3 is 2.65 bits per heavy atom. The molecule has 0 aromatic carbocycles. The maximum Gasteiger partial charge on any atom is 0.0285 e. The van der Waals surface area contributed by atoms with Crippen LogP contribution in [0.25, 0.3) is 0 Å². The second kappa shape index (κ2) is 5.85. The van der Waals surface area contributed by atoms with Crippen LogP contribution < -0.4 is 5.32 Å². The lowest BCUT2D eigenvalue weighted by Gasteiger charge is -2.36. The van der Waals surface area contributed by atoms with E-state index in [2.05, 4.69) is 46.7 Å². The van der Waals surface area contributed by atoms with Crippen molar-refractivity contribution < 1.29 is 0 Å². The van der Waals surface area contributed by atoms with Gasteiger partial charge in [0.1, 0.15) is 0 Å². The third-order valence-electron chi connectivity index (χ3n) is 4.42. The average molecular weight is 316 g/mol. The Hall–Kier alpha value is 0.140. The zero-order valence-electron chi connectivity index (χ0n) is 10.8. The van der Waals surface area contributed by atoms with Crippen LogP contribution in [0.3, 0.4) is 0 Å². The van der Waals surface area contributed by atoms with Gasteiger partial charge in [-0.05, 0) is 60.1 Å². The number of nitrogens with one attached hydrogen (secondary N) is 1. The van der Waals surface area contributed by atoms with Crippen molar-refractivity contribution in [3.63, 3.8) is 0 Å². The van der Waals surface area contributed by atoms with Gasteiger partial charge in [0.15, 0.2) is 0 Å². The molecule has 1 aliphatic carbocycles. The quantitative estimate of drug-likeness (QED) is 0.836. The molecular weight excluding hydrogens is 294 g/mol. The smallest absolute Gasteiger partial charge is 0.0285 e. The molecule has 3 heteroatoms. The van der Waals surface area contributed by atoms with E-state index in [4.69, 9.17) is 0 Å². The summed E-state index contributed by atoms with van der Waals surface area (Å²) < 4.78 is 1.23. The summed E-state index contributed by atoms with van der Waals surface area (Å²) in [4.78, 5) is 1.50. The van der Waals surface area contributed by atoms with Crippen LogP contribution in [0.15, 0.2) is 15.9 Å². The van der Waals surface area contributed by atoms with Crippen molar-refractivity contribution in [3.8, 4) is 0 Å². The van der Waals surface area contributed by atoms with Crippen LogP contribution in [-0.4, -0.2) is 13.1 Å². The van der Waals surface area contributed by atoms with Crippen LogP contribution in [0.4, 0.5) is 0 Å². The molecule has 0 saturated heterocycles. The van der Waals surface area contributed by atoms with Gasteiger partial charge in [-0.25, -0.2) is 0 Å². The van der Waals surface area contributed by atoms with E-state index in [-0.39, 0.29) is 0 Å². The monoisotopic (exact) mass is 315 g/mol. The molecule has 1 nitrogen and oxygen atoms in total. The van der Waals surface area contributed by atoms with Crippen molar-refractivity contribution in [1.29, 1.82) is 0 Å². The van der Waals surface area contributed by atoms with Gasteiger partial charge in [-0.15, -0.1) is 11.3 Å². The van der Waals surface area contributed by atoms with Crippen molar-refractivity contribution in [2.45, 2.75) is 51.5 Å². The van der Waals surface area contributed by atoms with E-state index in [0.29, 0.717) is 11.5 Å². The predicted molar refractivity (Wildman–Crippen MR) is 79.8 cm³/mol. The van der Waals surface area contributed by atoms with Gasteiger partial charge in [-0.2, -0.15) is 0 Å². The number of hydrogen-bond donors (Lipinski definition) is 1. The third kappa shape index (κ3) is 2.94. The largest absolute Gasteiger partial charge is 0.316 e. The van der Waals surface area contributed by atoms with Gasteiger partial charge >= 0.3 is 0 Å². The first-order chi connectivity index (χ1) is 8.20. The van der Waals surface area contributed by atoms with Gasteiger partial charge < -0.3 is 5.32 Å². The van der Waals surface area contributed by atoms with Gasteiger partial charge in [-0.1, -0.05) is 19.8 Å². The third-order valence-corrected chi connectivity index (χ3v) is 6.14. The van der Waals surface area contributed by atoms with Crippen LogP contribution in [0.2, 0.25) is 0 Å². The lowest BCUT2D eigenvalue weighted by molar-refractivity contribution is 0.193. The van der Waals surface area contributed by atoms with Gasteiger partial charge in [0, 0.05) is 20.8 Å². The normalized spacial score (nSPS) is 20.6. The molecule has 0 bridgehead atoms. The Balaban J connectivity index is 2.10. The van der Waals surface area contributed by atoms with Gasteiger partial charge in [0.05, 0.1) is 0 Å². The van der Waals surface area contributed by atoms with E-state index in [1.54, 1.807) is 0 Å². The molecule has 0 spiro atoms. The molecule has 96 valence electrons. The first kappa shape index (κ1) is 13.6. The molecule has 0 aliphatic heterocycles. The van der Waals surface area contributed by atoms with Crippen LogP contribution in [0.1, 0.15) is 43.9 Å². The van der Waals surface area contributed by atoms with Crippen LogP contribution in [0, 0.1) is 5.41 Å². The molecule has 1 fully saturated rings. The summed E-state index contributed by atoms with van der Waals surface area (Å²) in [5.74, 6) is 0. The minimum absolute atomic E-state index is 0.547. The molecule has 1 atom stereocenters. The fraction of sp³-hybridized carbons (Fsp3) is 0.714. The standard InChI is InChI=1S/C14H22BrNS/c1-3-14(6-4-5-7-14)13(16-2)9-12-8-11(15)10-17-12/h8,10,13,16H,3-7,9H2,1-2H3. The molecule has 17 heavy (non-hydrogen) atoms. The van der Waals surface area contributed by atoms with Crippen molar-refractivity contribution in [1.82, 2.24) is 5.32 Å². The summed E-state index contributed by atoms with van der Waals surface area (Å²) in [6.45, 7) is 2.36. The van der Waals surface area contributed by atoms with Crippen molar-refractivity contribution in [2.24, 2.45) is 5.41 Å². The number of halogens is 1. The Labute approximate surface area is 117 Å². The van der Waals surface area contributed by atoms with Crippen LogP contribution >= 0.6 is 27.3 Å². The lowest BCUT2D eigenvalue weighted by Crippen LogP contribution is -2.43. The summed E-state index contributed by atoms with van der Waals surface area (Å²) in [6, 6.07) is 2.91. The van der Waals surface area contributed by atoms with E-state index in [9.17, 15) is 0 Å². The highest BCUT2D eigenvalue weighted by Gasteiger charge is 2.38. The second-order valence-electron chi connectivity index (χ2n) is 5.20. The maximum absolute atomic E-state index is 3.58. The summed E-state index contributed by atoms with van der Waals surface area (Å²) >= 11 is 5.42. The molecule has 2 rings (SSSR count). The Morgan fingerprint density at radius 1 is 1.47 bits per heavy atom. The minimum atomic E-state index is 0.547. The zero-order valence-corrected chi connectivity index (χ0v) is 13.2. The van der Waals surface area contributed by atoms with Gasteiger partial charge in [0.25, 0.3) is 0 Å². The second-order valence-corrected chi connectivity index (χ2v) is 7.11. The summed E-state index contributed by atoms with van der Waals surface area (Å²) in [5.41, 5.74) is 0.547. The first-order valence-electron chi connectivity index (χ1n) is 6.60. The lowest BCUT2D eigenvalue weighted by atomic mass is 9.75.